The fourth-order valence-electron chi connectivity index (χ4n) is 2.74. The fourth-order valence-corrected chi connectivity index (χ4v) is 2.74. The highest BCUT2D eigenvalue weighted by Gasteiger charge is 2.08. The molecule has 0 fully saturated rings. The molecule has 1 aromatic heterocycles. The molecular weight excluding hydrogens is 340 g/mol. The van der Waals surface area contributed by atoms with E-state index in [2.05, 4.69) is 21.7 Å². The van der Waals surface area contributed by atoms with Gasteiger partial charge in [0.1, 0.15) is 17.6 Å². The van der Waals surface area contributed by atoms with Crippen molar-refractivity contribution in [3.63, 3.8) is 0 Å². The minimum Gasteiger partial charge on any atom is -0.497 e. The number of anilines is 1. The van der Waals surface area contributed by atoms with Crippen LogP contribution in [0.2, 0.25) is 0 Å². The van der Waals surface area contributed by atoms with Crippen LogP contribution in [-0.4, -0.2) is 31.1 Å². The maximum Gasteiger partial charge on any atom is 0.251 e. The molecule has 0 bridgehead atoms. The number of benzene rings is 2. The summed E-state index contributed by atoms with van der Waals surface area (Å²) in [7, 11) is 1.56. The minimum absolute atomic E-state index is 0.182. The zero-order valence-corrected chi connectivity index (χ0v) is 15.2. The van der Waals surface area contributed by atoms with Gasteiger partial charge in [0, 0.05) is 24.0 Å². The average molecular weight is 360 g/mol. The van der Waals surface area contributed by atoms with Crippen molar-refractivity contribution < 1.29 is 9.53 Å². The van der Waals surface area contributed by atoms with Gasteiger partial charge in [0.15, 0.2) is 0 Å². The van der Waals surface area contributed by atoms with E-state index in [4.69, 9.17) is 4.74 Å². The topological polar surface area (TPSA) is 87.0 Å². The van der Waals surface area contributed by atoms with Crippen LogP contribution in [-0.2, 0) is 0 Å². The summed E-state index contributed by atoms with van der Waals surface area (Å²) in [6.45, 7) is 2.85. The maximum absolute atomic E-state index is 12.2. The Bertz CT molecular complexity index is 1020. The molecule has 0 radical (unpaired) electrons. The van der Waals surface area contributed by atoms with Crippen LogP contribution < -0.4 is 15.4 Å². The normalized spacial score (nSPS) is 10.3. The predicted octanol–water partition coefficient (Wildman–Crippen LogP) is 3.27. The third-order valence-corrected chi connectivity index (χ3v) is 4.13. The summed E-state index contributed by atoms with van der Waals surface area (Å²) < 4.78 is 5.13. The van der Waals surface area contributed by atoms with Crippen molar-refractivity contribution in [3.8, 4) is 11.8 Å². The molecule has 2 aromatic carbocycles. The lowest BCUT2D eigenvalue weighted by Gasteiger charge is -2.10. The van der Waals surface area contributed by atoms with Crippen molar-refractivity contribution in [1.29, 1.82) is 5.26 Å². The van der Waals surface area contributed by atoms with Gasteiger partial charge in [0.2, 0.25) is 0 Å². The number of aryl methyl sites for hydroxylation is 1. The Balaban J connectivity index is 1.62. The van der Waals surface area contributed by atoms with Gasteiger partial charge in [-0.05, 0) is 43.3 Å². The lowest BCUT2D eigenvalue weighted by atomic mass is 10.1. The molecule has 1 heterocycles. The van der Waals surface area contributed by atoms with E-state index in [-0.39, 0.29) is 5.91 Å². The molecule has 3 rings (SSSR count). The standard InChI is InChI=1S/C21H20N4O2/c1-14-6-7-19-16(10-14)11-17(13-22)20(25-19)23-8-9-24-21(26)15-4-3-5-18(12-15)27-2/h3-7,10-12H,8-9H2,1-2H3,(H,23,25)(H,24,26). The van der Waals surface area contributed by atoms with E-state index in [1.54, 1.807) is 31.4 Å². The van der Waals surface area contributed by atoms with Crippen molar-refractivity contribution in [2.75, 3.05) is 25.5 Å². The molecule has 6 heteroatoms. The SMILES string of the molecule is COc1cccc(C(=O)NCCNc2nc3ccc(C)cc3cc2C#N)c1. The van der Waals surface area contributed by atoms with E-state index in [1.165, 1.54) is 0 Å². The summed E-state index contributed by atoms with van der Waals surface area (Å²) in [4.78, 5) is 16.7. The summed E-state index contributed by atoms with van der Waals surface area (Å²) in [5, 5.41) is 16.3. The molecule has 0 aliphatic rings. The van der Waals surface area contributed by atoms with Gasteiger partial charge in [-0.25, -0.2) is 4.98 Å². The predicted molar refractivity (Wildman–Crippen MR) is 105 cm³/mol. The number of fused-ring (bicyclic) bond motifs is 1. The Morgan fingerprint density at radius 3 is 2.81 bits per heavy atom. The minimum atomic E-state index is -0.182. The molecule has 0 saturated heterocycles. The quantitative estimate of drug-likeness (QED) is 0.659. The number of pyridine rings is 1. The third kappa shape index (κ3) is 4.33. The first-order chi connectivity index (χ1) is 13.1. The number of carbonyl (C=O) groups excluding carboxylic acids is 1. The van der Waals surface area contributed by atoms with Crippen LogP contribution >= 0.6 is 0 Å². The number of nitrogens with one attached hydrogen (secondary N) is 2. The molecule has 0 aliphatic carbocycles. The van der Waals surface area contributed by atoms with Crippen molar-refractivity contribution in [1.82, 2.24) is 10.3 Å². The number of nitriles is 1. The Labute approximate surface area is 157 Å². The summed E-state index contributed by atoms with van der Waals surface area (Å²) in [6, 6.07) is 16.9. The van der Waals surface area contributed by atoms with Gasteiger partial charge in [-0.2, -0.15) is 5.26 Å². The second kappa shape index (κ2) is 8.19. The van der Waals surface area contributed by atoms with E-state index in [0.717, 1.165) is 16.5 Å². The van der Waals surface area contributed by atoms with E-state index >= 15 is 0 Å². The Morgan fingerprint density at radius 2 is 2.04 bits per heavy atom. The first kappa shape index (κ1) is 18.2. The molecule has 3 aromatic rings. The number of methoxy groups -OCH3 is 1. The number of rotatable bonds is 6. The zero-order valence-electron chi connectivity index (χ0n) is 15.2. The molecule has 1 amide bonds. The molecule has 27 heavy (non-hydrogen) atoms. The van der Waals surface area contributed by atoms with Crippen LogP contribution in [0.4, 0.5) is 5.82 Å². The van der Waals surface area contributed by atoms with Crippen LogP contribution in [0.15, 0.2) is 48.5 Å². The number of amides is 1. The molecule has 0 atom stereocenters. The molecule has 0 unspecified atom stereocenters. The first-order valence-electron chi connectivity index (χ1n) is 8.58. The lowest BCUT2D eigenvalue weighted by molar-refractivity contribution is 0.0955. The smallest absolute Gasteiger partial charge is 0.251 e. The number of aromatic nitrogens is 1. The number of hydrogen-bond acceptors (Lipinski definition) is 5. The molecule has 0 spiro atoms. The first-order valence-corrected chi connectivity index (χ1v) is 8.58. The van der Waals surface area contributed by atoms with Crippen LogP contribution in [0, 0.1) is 18.3 Å². The summed E-state index contributed by atoms with van der Waals surface area (Å²) in [6.07, 6.45) is 0. The summed E-state index contributed by atoms with van der Waals surface area (Å²) >= 11 is 0. The number of nitrogens with zero attached hydrogens (tertiary/aromatic N) is 2. The maximum atomic E-state index is 12.2. The molecule has 136 valence electrons. The lowest BCUT2D eigenvalue weighted by Crippen LogP contribution is -2.29. The number of hydrogen-bond donors (Lipinski definition) is 2. The molecular formula is C21H20N4O2. The molecule has 6 nitrogen and oxygen atoms in total. The number of ether oxygens (including phenoxy) is 1. The zero-order chi connectivity index (χ0) is 19.2. The van der Waals surface area contributed by atoms with Gasteiger partial charge in [-0.3, -0.25) is 4.79 Å². The number of carbonyl (C=O) groups is 1. The summed E-state index contributed by atoms with van der Waals surface area (Å²) in [5.41, 5.74) is 2.95. The monoisotopic (exact) mass is 360 g/mol. The van der Waals surface area contributed by atoms with Crippen molar-refractivity contribution in [2.24, 2.45) is 0 Å². The van der Waals surface area contributed by atoms with Gasteiger partial charge in [-0.1, -0.05) is 17.7 Å². The molecule has 2 N–H and O–H groups in total. The van der Waals surface area contributed by atoms with Gasteiger partial charge < -0.3 is 15.4 Å². The Morgan fingerprint density at radius 1 is 1.19 bits per heavy atom. The van der Waals surface area contributed by atoms with E-state index in [1.807, 2.05) is 31.2 Å². The van der Waals surface area contributed by atoms with Crippen LogP contribution in [0.3, 0.4) is 0 Å². The van der Waals surface area contributed by atoms with E-state index in [9.17, 15) is 10.1 Å². The van der Waals surface area contributed by atoms with Gasteiger partial charge in [0.05, 0.1) is 18.2 Å². The summed E-state index contributed by atoms with van der Waals surface area (Å²) in [5.74, 6) is 0.970. The second-order valence-corrected chi connectivity index (χ2v) is 6.11. The molecule has 0 saturated carbocycles. The third-order valence-electron chi connectivity index (χ3n) is 4.13. The Hall–Kier alpha value is -3.59. The largest absolute Gasteiger partial charge is 0.497 e. The highest BCUT2D eigenvalue weighted by Crippen LogP contribution is 2.21. The average Bonchev–Trinajstić information content (AvgIpc) is 2.70. The van der Waals surface area contributed by atoms with Crippen molar-refractivity contribution >= 4 is 22.6 Å². The fraction of sp³-hybridized carbons (Fsp3) is 0.190. The van der Waals surface area contributed by atoms with E-state index < -0.39 is 0 Å². The highest BCUT2D eigenvalue weighted by molar-refractivity contribution is 5.94. The van der Waals surface area contributed by atoms with Crippen molar-refractivity contribution in [3.05, 3.63) is 65.2 Å². The van der Waals surface area contributed by atoms with Crippen LogP contribution in [0.1, 0.15) is 21.5 Å². The highest BCUT2D eigenvalue weighted by atomic mass is 16.5. The van der Waals surface area contributed by atoms with Crippen molar-refractivity contribution in [2.45, 2.75) is 6.92 Å². The Kier molecular flexibility index (Phi) is 5.53. The van der Waals surface area contributed by atoms with Gasteiger partial charge >= 0.3 is 0 Å². The van der Waals surface area contributed by atoms with Crippen LogP contribution in [0.25, 0.3) is 10.9 Å². The van der Waals surface area contributed by atoms with Gasteiger partial charge in [0.25, 0.3) is 5.91 Å². The molecule has 0 aliphatic heterocycles. The van der Waals surface area contributed by atoms with E-state index in [0.29, 0.717) is 35.8 Å². The second-order valence-electron chi connectivity index (χ2n) is 6.11. The van der Waals surface area contributed by atoms with Gasteiger partial charge in [-0.15, -0.1) is 0 Å². The van der Waals surface area contributed by atoms with Crippen LogP contribution in [0.5, 0.6) is 5.75 Å².